The summed E-state index contributed by atoms with van der Waals surface area (Å²) >= 11 is 1.39. The molecule has 1 aliphatic carbocycles. The molecule has 29 heavy (non-hydrogen) atoms. The Morgan fingerprint density at radius 1 is 1.21 bits per heavy atom. The fraction of sp³-hybridized carbons (Fsp3) is 0.435. The lowest BCUT2D eigenvalue weighted by molar-refractivity contribution is 0.102. The number of nitrogens with zero attached hydrogens (tertiary/aromatic N) is 3. The zero-order valence-corrected chi connectivity index (χ0v) is 18.1. The molecule has 152 valence electrons. The van der Waals surface area contributed by atoms with Crippen LogP contribution in [0.15, 0.2) is 40.3 Å². The van der Waals surface area contributed by atoms with Crippen LogP contribution in [0.1, 0.15) is 60.4 Å². The normalized spacial score (nSPS) is 14.7. The van der Waals surface area contributed by atoms with E-state index < -0.39 is 0 Å². The van der Waals surface area contributed by atoms with Gasteiger partial charge in [-0.05, 0) is 51.8 Å². The Bertz CT molecular complexity index is 1120. The molecule has 0 saturated heterocycles. The number of Topliss-reactive ketones (excluding diaryl/α,β-unsaturated/α-hetero) is 1. The summed E-state index contributed by atoms with van der Waals surface area (Å²) < 4.78 is 4.00. The van der Waals surface area contributed by atoms with Crippen LogP contribution in [0.2, 0.25) is 0 Å². The van der Waals surface area contributed by atoms with Gasteiger partial charge < -0.3 is 4.57 Å². The third kappa shape index (κ3) is 3.66. The van der Waals surface area contributed by atoms with E-state index in [4.69, 9.17) is 4.98 Å². The number of thioether (sulfide) groups is 1. The van der Waals surface area contributed by atoms with E-state index in [1.807, 2.05) is 48.7 Å². The second-order valence-electron chi connectivity index (χ2n) is 7.77. The number of carbonyl (C=O) groups is 1. The molecule has 0 N–H and O–H groups in total. The first kappa shape index (κ1) is 20.0. The van der Waals surface area contributed by atoms with Crippen molar-refractivity contribution in [2.45, 2.75) is 64.2 Å². The second-order valence-corrected chi connectivity index (χ2v) is 8.71. The van der Waals surface area contributed by atoms with Gasteiger partial charge in [-0.2, -0.15) is 0 Å². The van der Waals surface area contributed by atoms with Gasteiger partial charge >= 0.3 is 0 Å². The molecule has 5 nitrogen and oxygen atoms in total. The van der Waals surface area contributed by atoms with Crippen LogP contribution in [0.4, 0.5) is 0 Å². The number of aryl methyl sites for hydroxylation is 1. The van der Waals surface area contributed by atoms with E-state index in [1.165, 1.54) is 11.8 Å². The number of benzene rings is 1. The van der Waals surface area contributed by atoms with Crippen LogP contribution in [0.3, 0.4) is 0 Å². The number of fused-ring (bicyclic) bond motifs is 1. The quantitative estimate of drug-likeness (QED) is 0.329. The molecule has 0 radical (unpaired) electrons. The molecule has 1 aliphatic rings. The molecule has 2 aromatic heterocycles. The van der Waals surface area contributed by atoms with E-state index in [0.717, 1.165) is 49.2 Å². The number of carbonyl (C=O) groups excluding carboxylic acids is 1. The van der Waals surface area contributed by atoms with Gasteiger partial charge in [0.25, 0.3) is 5.56 Å². The van der Waals surface area contributed by atoms with E-state index in [0.29, 0.717) is 16.1 Å². The Morgan fingerprint density at radius 3 is 2.62 bits per heavy atom. The van der Waals surface area contributed by atoms with Gasteiger partial charge in [0.1, 0.15) is 0 Å². The summed E-state index contributed by atoms with van der Waals surface area (Å²) in [5.74, 6) is 0.370. The summed E-state index contributed by atoms with van der Waals surface area (Å²) in [5.41, 5.74) is 3.60. The first-order chi connectivity index (χ1) is 14.0. The lowest BCUT2D eigenvalue weighted by Crippen LogP contribution is -2.26. The van der Waals surface area contributed by atoms with E-state index in [9.17, 15) is 9.59 Å². The second kappa shape index (κ2) is 8.19. The van der Waals surface area contributed by atoms with Crippen molar-refractivity contribution in [1.29, 1.82) is 0 Å². The van der Waals surface area contributed by atoms with Crippen molar-refractivity contribution < 1.29 is 4.79 Å². The maximum atomic E-state index is 13.2. The predicted molar refractivity (Wildman–Crippen MR) is 118 cm³/mol. The summed E-state index contributed by atoms with van der Waals surface area (Å²) in [6, 6.07) is 9.64. The minimum Gasteiger partial charge on any atom is -0.349 e. The molecular weight excluding hydrogens is 382 g/mol. The number of aromatic nitrogens is 3. The first-order valence-corrected chi connectivity index (χ1v) is 11.3. The van der Waals surface area contributed by atoms with Crippen LogP contribution in [-0.4, -0.2) is 25.7 Å². The average Bonchev–Trinajstić information content (AvgIpc) is 3.34. The van der Waals surface area contributed by atoms with E-state index >= 15 is 0 Å². The van der Waals surface area contributed by atoms with Crippen molar-refractivity contribution in [3.63, 3.8) is 0 Å². The average molecular weight is 410 g/mol. The number of hydrogen-bond donors (Lipinski definition) is 0. The Hall–Kier alpha value is -2.34. The van der Waals surface area contributed by atoms with Crippen LogP contribution >= 0.6 is 11.8 Å². The number of para-hydroxylation sites is 1. The van der Waals surface area contributed by atoms with Crippen molar-refractivity contribution in [2.24, 2.45) is 0 Å². The van der Waals surface area contributed by atoms with Gasteiger partial charge in [-0.15, -0.1) is 0 Å². The largest absolute Gasteiger partial charge is 0.349 e. The van der Waals surface area contributed by atoms with Crippen LogP contribution in [0, 0.1) is 13.8 Å². The van der Waals surface area contributed by atoms with Gasteiger partial charge in [0.15, 0.2) is 10.9 Å². The highest BCUT2D eigenvalue weighted by Crippen LogP contribution is 2.32. The Balaban J connectivity index is 1.67. The highest BCUT2D eigenvalue weighted by atomic mass is 32.2. The number of rotatable bonds is 6. The maximum absolute atomic E-state index is 13.2. The van der Waals surface area contributed by atoms with Crippen molar-refractivity contribution in [3.05, 3.63) is 57.6 Å². The first-order valence-electron chi connectivity index (χ1n) is 10.3. The highest BCUT2D eigenvalue weighted by Gasteiger charge is 2.24. The molecule has 1 fully saturated rings. The zero-order chi connectivity index (χ0) is 20.5. The molecule has 0 bridgehead atoms. The predicted octanol–water partition coefficient (Wildman–Crippen LogP) is 4.92. The molecule has 0 amide bonds. The Labute approximate surface area is 175 Å². The molecule has 3 aromatic rings. The van der Waals surface area contributed by atoms with Crippen molar-refractivity contribution in [2.75, 3.05) is 5.75 Å². The van der Waals surface area contributed by atoms with Crippen LogP contribution in [-0.2, 0) is 6.54 Å². The molecule has 4 rings (SSSR count). The van der Waals surface area contributed by atoms with Gasteiger partial charge in [-0.25, -0.2) is 4.98 Å². The molecule has 0 aliphatic heterocycles. The highest BCUT2D eigenvalue weighted by molar-refractivity contribution is 7.99. The lowest BCUT2D eigenvalue weighted by Gasteiger charge is -2.18. The Morgan fingerprint density at radius 2 is 1.93 bits per heavy atom. The molecule has 0 unspecified atom stereocenters. The van der Waals surface area contributed by atoms with Crippen molar-refractivity contribution >= 4 is 28.4 Å². The summed E-state index contributed by atoms with van der Waals surface area (Å²) in [6.07, 6.45) is 4.27. The van der Waals surface area contributed by atoms with Crippen molar-refractivity contribution in [1.82, 2.24) is 14.1 Å². The minimum absolute atomic E-state index is 0.0154. The molecule has 0 spiro atoms. The fourth-order valence-corrected chi connectivity index (χ4v) is 5.44. The SMILES string of the molecule is CCn1c(C)cc(C(=O)CSc2nc3ccccc3c(=O)n2C2CCCC2)c1C. The summed E-state index contributed by atoms with van der Waals surface area (Å²) in [6.45, 7) is 6.97. The fourth-order valence-electron chi connectivity index (χ4n) is 4.49. The van der Waals surface area contributed by atoms with Gasteiger partial charge in [0.05, 0.1) is 16.7 Å². The zero-order valence-electron chi connectivity index (χ0n) is 17.3. The van der Waals surface area contributed by atoms with E-state index in [2.05, 4.69) is 11.5 Å². The van der Waals surface area contributed by atoms with Gasteiger partial charge in [-0.3, -0.25) is 14.2 Å². The maximum Gasteiger partial charge on any atom is 0.262 e. The third-order valence-electron chi connectivity index (χ3n) is 5.99. The summed E-state index contributed by atoms with van der Waals surface area (Å²) in [7, 11) is 0. The molecule has 2 heterocycles. The smallest absolute Gasteiger partial charge is 0.262 e. The monoisotopic (exact) mass is 409 g/mol. The standard InChI is InChI=1S/C23H27N3O2S/c1-4-25-15(2)13-19(16(25)3)21(27)14-29-23-24-20-12-8-7-11-18(20)22(28)26(23)17-9-5-6-10-17/h7-8,11-13,17H,4-6,9-10,14H2,1-3H3. The molecular formula is C23H27N3O2S. The van der Waals surface area contributed by atoms with Gasteiger partial charge in [0.2, 0.25) is 0 Å². The number of hydrogen-bond acceptors (Lipinski definition) is 4. The topological polar surface area (TPSA) is 56.9 Å². The minimum atomic E-state index is 0.0154. The molecule has 6 heteroatoms. The third-order valence-corrected chi connectivity index (χ3v) is 6.94. The molecule has 1 aromatic carbocycles. The van der Waals surface area contributed by atoms with E-state index in [-0.39, 0.29) is 23.1 Å². The van der Waals surface area contributed by atoms with Crippen LogP contribution < -0.4 is 5.56 Å². The van der Waals surface area contributed by atoms with Gasteiger partial charge in [0, 0.05) is 29.5 Å². The van der Waals surface area contributed by atoms with Gasteiger partial charge in [-0.1, -0.05) is 36.7 Å². The number of ketones is 1. The van der Waals surface area contributed by atoms with Crippen LogP contribution in [0.25, 0.3) is 10.9 Å². The Kier molecular flexibility index (Phi) is 5.63. The van der Waals surface area contributed by atoms with E-state index in [1.54, 1.807) is 0 Å². The van der Waals surface area contributed by atoms with Crippen LogP contribution in [0.5, 0.6) is 0 Å². The summed E-state index contributed by atoms with van der Waals surface area (Å²) in [5, 5.41) is 1.32. The lowest BCUT2D eigenvalue weighted by atomic mass is 10.2. The van der Waals surface area contributed by atoms with Crippen molar-refractivity contribution in [3.8, 4) is 0 Å². The molecule has 0 atom stereocenters. The summed E-state index contributed by atoms with van der Waals surface area (Å²) in [4.78, 5) is 30.9. The molecule has 1 saturated carbocycles.